The van der Waals surface area contributed by atoms with Crippen LogP contribution in [0.25, 0.3) is 0 Å². The number of ketones is 1. The first-order valence-corrected chi connectivity index (χ1v) is 10.1. The van der Waals surface area contributed by atoms with Gasteiger partial charge >= 0.3 is 0 Å². The van der Waals surface area contributed by atoms with Crippen molar-refractivity contribution < 1.29 is 24.9 Å². The third-order valence-corrected chi connectivity index (χ3v) is 6.55. The van der Waals surface area contributed by atoms with E-state index in [-0.39, 0.29) is 24.0 Å². The van der Waals surface area contributed by atoms with Crippen LogP contribution in [0.1, 0.15) is 53.9 Å². The van der Waals surface area contributed by atoms with Gasteiger partial charge in [-0.15, -0.1) is 0 Å². The second-order valence-corrected chi connectivity index (χ2v) is 8.94. The van der Waals surface area contributed by atoms with Crippen LogP contribution < -0.4 is 0 Å². The van der Waals surface area contributed by atoms with Gasteiger partial charge < -0.3 is 20.1 Å². The molecule has 27 heavy (non-hydrogen) atoms. The minimum Gasteiger partial charge on any atom is -0.392 e. The summed E-state index contributed by atoms with van der Waals surface area (Å²) in [4.78, 5) is 13.1. The van der Waals surface area contributed by atoms with Crippen molar-refractivity contribution in [1.82, 2.24) is 0 Å². The van der Waals surface area contributed by atoms with E-state index in [0.29, 0.717) is 25.0 Å². The van der Waals surface area contributed by atoms with E-state index in [1.807, 2.05) is 32.9 Å². The van der Waals surface area contributed by atoms with Crippen LogP contribution >= 0.6 is 0 Å². The summed E-state index contributed by atoms with van der Waals surface area (Å²) in [6.07, 6.45) is 3.14. The van der Waals surface area contributed by atoms with Crippen LogP contribution in [0.5, 0.6) is 0 Å². The van der Waals surface area contributed by atoms with Gasteiger partial charge in [-0.05, 0) is 51.5 Å². The molecule has 5 nitrogen and oxygen atoms in total. The standard InChI is InChI=1S/C22H36O5/c1-7-27-21(5,6)16-10-8-13(2)18(23)17-19(24)15(4)12-22(17,26)20(25)14(3)9-11-16/h9,11,14-19,23-24,26H,2,7-8,10,12H2,1,3-6H3/b11-9+/t14-,15+,16+,17+,18+,19+,22-/m1/s1. The molecule has 1 saturated carbocycles. The van der Waals surface area contributed by atoms with Crippen LogP contribution in [0.3, 0.4) is 0 Å². The highest BCUT2D eigenvalue weighted by Crippen LogP contribution is 2.46. The largest absolute Gasteiger partial charge is 0.392 e. The Morgan fingerprint density at radius 1 is 1.30 bits per heavy atom. The van der Waals surface area contributed by atoms with Gasteiger partial charge in [0.05, 0.1) is 23.7 Å². The third kappa shape index (κ3) is 4.21. The number of carbonyl (C=O) groups is 1. The second kappa shape index (κ2) is 8.16. The van der Waals surface area contributed by atoms with Crippen LogP contribution in [0.15, 0.2) is 24.3 Å². The predicted octanol–water partition coefficient (Wildman–Crippen LogP) is 2.64. The van der Waals surface area contributed by atoms with Gasteiger partial charge in [-0.2, -0.15) is 0 Å². The molecule has 0 aromatic heterocycles. The van der Waals surface area contributed by atoms with Crippen LogP contribution in [0.2, 0.25) is 0 Å². The summed E-state index contributed by atoms with van der Waals surface area (Å²) in [6, 6.07) is 0. The highest BCUT2D eigenvalue weighted by molar-refractivity contribution is 5.91. The van der Waals surface area contributed by atoms with Crippen molar-refractivity contribution in [2.24, 2.45) is 23.7 Å². The lowest BCUT2D eigenvalue weighted by atomic mass is 9.76. The maximum atomic E-state index is 13.1. The number of carbonyl (C=O) groups excluding carboxylic acids is 1. The Morgan fingerprint density at radius 2 is 1.93 bits per heavy atom. The Balaban J connectivity index is 2.43. The normalized spacial score (nSPS) is 42.5. The zero-order valence-electron chi connectivity index (χ0n) is 17.3. The van der Waals surface area contributed by atoms with Gasteiger partial charge in [0.25, 0.3) is 0 Å². The molecule has 0 spiro atoms. The Labute approximate surface area is 163 Å². The monoisotopic (exact) mass is 380 g/mol. The molecule has 5 heteroatoms. The molecule has 0 aromatic carbocycles. The average molecular weight is 381 g/mol. The number of hydrogen-bond acceptors (Lipinski definition) is 5. The number of aliphatic hydroxyl groups excluding tert-OH is 2. The summed E-state index contributed by atoms with van der Waals surface area (Å²) in [5.41, 5.74) is -1.63. The topological polar surface area (TPSA) is 87.0 Å². The molecular formula is C22H36O5. The lowest BCUT2D eigenvalue weighted by molar-refractivity contribution is -0.151. The lowest BCUT2D eigenvalue weighted by Crippen LogP contribution is -2.52. The molecule has 0 unspecified atom stereocenters. The number of Topliss-reactive ketones (excluding diaryl/α,β-unsaturated/α-hetero) is 1. The molecule has 0 aliphatic heterocycles. The van der Waals surface area contributed by atoms with Crippen molar-refractivity contribution in [1.29, 1.82) is 0 Å². The zero-order chi connectivity index (χ0) is 20.6. The Kier molecular flexibility index (Phi) is 6.73. The number of rotatable bonds is 3. The molecule has 2 aliphatic rings. The maximum absolute atomic E-state index is 13.1. The second-order valence-electron chi connectivity index (χ2n) is 8.94. The SMILES string of the molecule is C=C1CC[C@H](C(C)(C)OCC)/C=C/[C@@H](C)C(=O)[C@@]2(O)C[C@H](C)[C@H](O)[C@@H]2[C@H]1O. The van der Waals surface area contributed by atoms with E-state index in [4.69, 9.17) is 4.74 Å². The van der Waals surface area contributed by atoms with Gasteiger partial charge in [0.1, 0.15) is 5.60 Å². The fraction of sp³-hybridized carbons (Fsp3) is 0.773. The van der Waals surface area contributed by atoms with Crippen LogP contribution in [0.4, 0.5) is 0 Å². The van der Waals surface area contributed by atoms with Crippen LogP contribution in [0, 0.1) is 23.7 Å². The molecule has 0 bridgehead atoms. The molecular weight excluding hydrogens is 344 g/mol. The maximum Gasteiger partial charge on any atom is 0.171 e. The van der Waals surface area contributed by atoms with E-state index < -0.39 is 35.2 Å². The first-order chi connectivity index (χ1) is 12.5. The summed E-state index contributed by atoms with van der Waals surface area (Å²) in [6.45, 7) is 14.1. The fourth-order valence-corrected chi connectivity index (χ4v) is 4.78. The predicted molar refractivity (Wildman–Crippen MR) is 105 cm³/mol. The lowest BCUT2D eigenvalue weighted by Gasteiger charge is -2.35. The van der Waals surface area contributed by atoms with E-state index in [1.165, 1.54) is 0 Å². The number of aliphatic hydroxyl groups is 3. The number of allylic oxidation sites excluding steroid dienone is 1. The van der Waals surface area contributed by atoms with Crippen molar-refractivity contribution in [3.63, 3.8) is 0 Å². The van der Waals surface area contributed by atoms with E-state index in [1.54, 1.807) is 13.8 Å². The van der Waals surface area contributed by atoms with E-state index >= 15 is 0 Å². The fourth-order valence-electron chi connectivity index (χ4n) is 4.78. The molecule has 0 saturated heterocycles. The summed E-state index contributed by atoms with van der Waals surface area (Å²) in [7, 11) is 0. The number of fused-ring (bicyclic) bond motifs is 1. The third-order valence-electron chi connectivity index (χ3n) is 6.55. The molecule has 3 N–H and O–H groups in total. The van der Waals surface area contributed by atoms with Gasteiger partial charge in [-0.25, -0.2) is 0 Å². The molecule has 0 amide bonds. The Morgan fingerprint density at radius 3 is 2.52 bits per heavy atom. The quantitative estimate of drug-likeness (QED) is 0.655. The van der Waals surface area contributed by atoms with Gasteiger partial charge in [0, 0.05) is 18.4 Å². The van der Waals surface area contributed by atoms with Gasteiger partial charge in [-0.1, -0.05) is 32.6 Å². The van der Waals surface area contributed by atoms with Crippen molar-refractivity contribution >= 4 is 5.78 Å². The Hall–Kier alpha value is -1.01. The van der Waals surface area contributed by atoms with Crippen molar-refractivity contribution in [2.75, 3.05) is 6.61 Å². The molecule has 7 atom stereocenters. The Bertz CT molecular complexity index is 596. The van der Waals surface area contributed by atoms with Gasteiger partial charge in [-0.3, -0.25) is 4.79 Å². The number of ether oxygens (including phenoxy) is 1. The summed E-state index contributed by atoms with van der Waals surface area (Å²) < 4.78 is 5.90. The highest BCUT2D eigenvalue weighted by atomic mass is 16.5. The van der Waals surface area contributed by atoms with Crippen molar-refractivity contribution in [2.45, 2.75) is 77.3 Å². The van der Waals surface area contributed by atoms with Crippen molar-refractivity contribution in [3.05, 3.63) is 24.3 Å². The first-order valence-electron chi connectivity index (χ1n) is 10.1. The van der Waals surface area contributed by atoms with Gasteiger partial charge in [0.2, 0.25) is 0 Å². The smallest absolute Gasteiger partial charge is 0.171 e. The zero-order valence-corrected chi connectivity index (χ0v) is 17.3. The van der Waals surface area contributed by atoms with E-state index in [9.17, 15) is 20.1 Å². The molecule has 1 fully saturated rings. The van der Waals surface area contributed by atoms with E-state index in [0.717, 1.165) is 0 Å². The molecule has 0 aromatic rings. The van der Waals surface area contributed by atoms with E-state index in [2.05, 4.69) is 6.58 Å². The minimum atomic E-state index is -1.75. The summed E-state index contributed by atoms with van der Waals surface area (Å²) >= 11 is 0. The van der Waals surface area contributed by atoms with Gasteiger partial charge in [0.15, 0.2) is 5.78 Å². The summed E-state index contributed by atoms with van der Waals surface area (Å²) in [5.74, 6) is -2.05. The van der Waals surface area contributed by atoms with Crippen molar-refractivity contribution in [3.8, 4) is 0 Å². The highest BCUT2D eigenvalue weighted by Gasteiger charge is 2.58. The van der Waals surface area contributed by atoms with Crippen LogP contribution in [-0.4, -0.2) is 51.1 Å². The average Bonchev–Trinajstić information content (AvgIpc) is 2.81. The summed E-state index contributed by atoms with van der Waals surface area (Å²) in [5, 5.41) is 32.7. The molecule has 0 heterocycles. The molecule has 154 valence electrons. The molecule has 2 aliphatic carbocycles. The first kappa shape index (κ1) is 22.3. The molecule has 0 radical (unpaired) electrons. The minimum absolute atomic E-state index is 0.0353. The van der Waals surface area contributed by atoms with Crippen LogP contribution in [-0.2, 0) is 9.53 Å². The molecule has 2 rings (SSSR count). The number of hydrogen-bond donors (Lipinski definition) is 3.